The molecule has 1 aromatic carbocycles. The average Bonchev–Trinajstić information content (AvgIpc) is 2.53. The lowest BCUT2D eigenvalue weighted by atomic mass is 9.91. The second-order valence-electron chi connectivity index (χ2n) is 6.25. The molecule has 24 heavy (non-hydrogen) atoms. The van der Waals surface area contributed by atoms with E-state index in [0.717, 1.165) is 25.0 Å². The molecule has 1 fully saturated rings. The van der Waals surface area contributed by atoms with E-state index in [-0.39, 0.29) is 5.92 Å². The minimum atomic E-state index is -4.32. The number of rotatable bonds is 5. The summed E-state index contributed by atoms with van der Waals surface area (Å²) in [6.07, 6.45) is -3.06. The zero-order valence-corrected chi connectivity index (χ0v) is 13.2. The third kappa shape index (κ3) is 5.76. The fourth-order valence-electron chi connectivity index (χ4n) is 3.00. The van der Waals surface area contributed by atoms with Gasteiger partial charge in [0.2, 0.25) is 5.91 Å². The maximum absolute atomic E-state index is 13.2. The van der Waals surface area contributed by atoms with Crippen molar-refractivity contribution >= 4 is 5.91 Å². The molecule has 1 amide bonds. The van der Waals surface area contributed by atoms with Crippen LogP contribution in [-0.4, -0.2) is 30.1 Å². The lowest BCUT2D eigenvalue weighted by molar-refractivity contribution is -0.150. The van der Waals surface area contributed by atoms with Crippen molar-refractivity contribution in [2.75, 3.05) is 13.1 Å². The molecular weight excluding hydrogens is 329 g/mol. The summed E-state index contributed by atoms with van der Waals surface area (Å²) in [4.78, 5) is 13.4. The molecule has 2 nitrogen and oxygen atoms in total. The van der Waals surface area contributed by atoms with Gasteiger partial charge >= 0.3 is 6.18 Å². The van der Waals surface area contributed by atoms with Gasteiger partial charge in [-0.15, -0.1) is 0 Å². The van der Waals surface area contributed by atoms with Crippen molar-refractivity contribution < 1.29 is 26.7 Å². The summed E-state index contributed by atoms with van der Waals surface area (Å²) >= 11 is 0. The van der Waals surface area contributed by atoms with Crippen molar-refractivity contribution in [1.29, 1.82) is 0 Å². The first-order chi connectivity index (χ1) is 11.2. The fourth-order valence-corrected chi connectivity index (χ4v) is 3.00. The highest BCUT2D eigenvalue weighted by Gasteiger charge is 2.30. The van der Waals surface area contributed by atoms with E-state index in [9.17, 15) is 26.7 Å². The number of likely N-dealkylation sites (tertiary alicyclic amines) is 1. The van der Waals surface area contributed by atoms with E-state index < -0.39 is 36.6 Å². The van der Waals surface area contributed by atoms with Gasteiger partial charge in [0, 0.05) is 19.5 Å². The fraction of sp³-hybridized carbons (Fsp3) is 0.588. The van der Waals surface area contributed by atoms with Crippen LogP contribution < -0.4 is 0 Å². The normalized spacial score (nSPS) is 18.7. The maximum atomic E-state index is 13.2. The molecule has 0 unspecified atom stereocenters. The van der Waals surface area contributed by atoms with Crippen molar-refractivity contribution in [2.45, 2.75) is 44.7 Å². The Balaban J connectivity index is 1.82. The molecule has 1 saturated heterocycles. The minimum absolute atomic E-state index is 0.168. The second-order valence-corrected chi connectivity index (χ2v) is 6.25. The SMILES string of the molecule is O=C(CCC(F)(F)F)N1CCC[C@@H](CCc2ccc(F)c(F)c2)C1. The van der Waals surface area contributed by atoms with E-state index >= 15 is 0 Å². The summed E-state index contributed by atoms with van der Waals surface area (Å²) in [6, 6.07) is 3.76. The largest absolute Gasteiger partial charge is 0.389 e. The summed E-state index contributed by atoms with van der Waals surface area (Å²) < 4.78 is 62.7. The third-order valence-electron chi connectivity index (χ3n) is 4.32. The van der Waals surface area contributed by atoms with Crippen LogP contribution in [0.3, 0.4) is 0 Å². The number of nitrogens with zero attached hydrogens (tertiary/aromatic N) is 1. The second kappa shape index (κ2) is 7.94. The number of aryl methyl sites for hydroxylation is 1. The number of piperidine rings is 1. The lowest BCUT2D eigenvalue weighted by Gasteiger charge is -2.33. The van der Waals surface area contributed by atoms with Gasteiger partial charge in [-0.25, -0.2) is 8.78 Å². The first-order valence-electron chi connectivity index (χ1n) is 8.03. The average molecular weight is 349 g/mol. The van der Waals surface area contributed by atoms with E-state index in [1.807, 2.05) is 0 Å². The van der Waals surface area contributed by atoms with Crippen LogP contribution in [0.2, 0.25) is 0 Å². The van der Waals surface area contributed by atoms with Crippen LogP contribution in [0.1, 0.15) is 37.7 Å². The Labute approximate surface area is 137 Å². The molecule has 1 heterocycles. The van der Waals surface area contributed by atoms with Gasteiger partial charge in [0.1, 0.15) is 0 Å². The minimum Gasteiger partial charge on any atom is -0.342 e. The van der Waals surface area contributed by atoms with Crippen molar-refractivity contribution in [3.05, 3.63) is 35.4 Å². The van der Waals surface area contributed by atoms with Crippen LogP contribution in [0, 0.1) is 17.6 Å². The smallest absolute Gasteiger partial charge is 0.342 e. The summed E-state index contributed by atoms with van der Waals surface area (Å²) in [7, 11) is 0. The Bertz CT molecular complexity index is 573. The Morgan fingerprint density at radius 1 is 1.21 bits per heavy atom. The first kappa shape index (κ1) is 18.7. The van der Waals surface area contributed by atoms with Gasteiger partial charge in [0.05, 0.1) is 6.42 Å². The topological polar surface area (TPSA) is 20.3 Å². The number of carbonyl (C=O) groups excluding carboxylic acids is 1. The molecule has 7 heteroatoms. The summed E-state index contributed by atoms with van der Waals surface area (Å²) in [5.41, 5.74) is 0.675. The number of carbonyl (C=O) groups is 1. The van der Waals surface area contributed by atoms with Gasteiger partial charge < -0.3 is 4.90 Å². The number of amides is 1. The number of halogens is 5. The Kier molecular flexibility index (Phi) is 6.18. The molecule has 0 radical (unpaired) electrons. The van der Waals surface area contributed by atoms with Crippen LogP contribution in [0.15, 0.2) is 18.2 Å². The molecule has 2 rings (SSSR count). The van der Waals surface area contributed by atoms with Crippen molar-refractivity contribution in [1.82, 2.24) is 4.90 Å². The highest BCUT2D eigenvalue weighted by atomic mass is 19.4. The molecular formula is C17H20F5NO. The molecule has 0 aromatic heterocycles. The molecule has 0 spiro atoms. The molecule has 1 aliphatic heterocycles. The van der Waals surface area contributed by atoms with E-state index in [1.165, 1.54) is 11.0 Å². The Morgan fingerprint density at radius 3 is 2.62 bits per heavy atom. The van der Waals surface area contributed by atoms with Crippen molar-refractivity contribution in [3.63, 3.8) is 0 Å². The van der Waals surface area contributed by atoms with Gasteiger partial charge in [-0.05, 0) is 49.3 Å². The third-order valence-corrected chi connectivity index (χ3v) is 4.32. The van der Waals surface area contributed by atoms with E-state index in [1.54, 1.807) is 0 Å². The predicted molar refractivity (Wildman–Crippen MR) is 79.3 cm³/mol. The summed E-state index contributed by atoms with van der Waals surface area (Å²) in [6.45, 7) is 0.915. The zero-order valence-electron chi connectivity index (χ0n) is 13.2. The molecule has 0 bridgehead atoms. The number of hydrogen-bond acceptors (Lipinski definition) is 1. The van der Waals surface area contributed by atoms with E-state index in [0.29, 0.717) is 31.5 Å². The van der Waals surface area contributed by atoms with Gasteiger partial charge in [-0.2, -0.15) is 13.2 Å². The zero-order chi connectivity index (χ0) is 17.7. The Hall–Kier alpha value is -1.66. The van der Waals surface area contributed by atoms with E-state index in [2.05, 4.69) is 0 Å². The van der Waals surface area contributed by atoms with Crippen LogP contribution in [0.5, 0.6) is 0 Å². The highest BCUT2D eigenvalue weighted by molar-refractivity contribution is 5.76. The molecule has 1 aliphatic rings. The van der Waals surface area contributed by atoms with Crippen LogP contribution in [0.4, 0.5) is 22.0 Å². The predicted octanol–water partition coefficient (Wildman–Crippen LogP) is 4.48. The number of alkyl halides is 3. The highest BCUT2D eigenvalue weighted by Crippen LogP contribution is 2.25. The first-order valence-corrected chi connectivity index (χ1v) is 8.03. The van der Waals surface area contributed by atoms with Crippen LogP contribution in [-0.2, 0) is 11.2 Å². The molecule has 0 aliphatic carbocycles. The molecule has 1 aromatic rings. The monoisotopic (exact) mass is 349 g/mol. The standard InChI is InChI=1S/C17H20F5NO/c18-14-6-5-12(10-15(14)19)3-4-13-2-1-9-23(11-13)16(24)7-8-17(20,21)22/h5-6,10,13H,1-4,7-9,11H2/t13-/m0/s1. The summed E-state index contributed by atoms with van der Waals surface area (Å²) in [5.74, 6) is -2.08. The summed E-state index contributed by atoms with van der Waals surface area (Å²) in [5, 5.41) is 0. The maximum Gasteiger partial charge on any atom is 0.389 e. The van der Waals surface area contributed by atoms with Gasteiger partial charge in [-0.3, -0.25) is 4.79 Å². The molecule has 0 saturated carbocycles. The van der Waals surface area contributed by atoms with Crippen molar-refractivity contribution in [2.24, 2.45) is 5.92 Å². The molecule has 1 atom stereocenters. The van der Waals surface area contributed by atoms with Gasteiger partial charge in [0.25, 0.3) is 0 Å². The van der Waals surface area contributed by atoms with Crippen LogP contribution in [0.25, 0.3) is 0 Å². The molecule has 134 valence electrons. The van der Waals surface area contributed by atoms with Gasteiger partial charge in [-0.1, -0.05) is 6.07 Å². The van der Waals surface area contributed by atoms with Crippen molar-refractivity contribution in [3.8, 4) is 0 Å². The quantitative estimate of drug-likeness (QED) is 0.718. The number of benzene rings is 1. The number of hydrogen-bond donors (Lipinski definition) is 0. The van der Waals surface area contributed by atoms with Gasteiger partial charge in [0.15, 0.2) is 11.6 Å². The van der Waals surface area contributed by atoms with E-state index in [4.69, 9.17) is 0 Å². The molecule has 0 N–H and O–H groups in total. The lowest BCUT2D eigenvalue weighted by Crippen LogP contribution is -2.40. The van der Waals surface area contributed by atoms with Crippen LogP contribution >= 0.6 is 0 Å². The Morgan fingerprint density at radius 2 is 1.96 bits per heavy atom.